The Labute approximate surface area is 106 Å². The first kappa shape index (κ1) is 12.2. The largest absolute Gasteiger partial charge is 0.337 e. The Morgan fingerprint density at radius 1 is 1.41 bits per heavy atom. The summed E-state index contributed by atoms with van der Waals surface area (Å²) in [7, 11) is 0. The molecule has 0 saturated heterocycles. The molecule has 4 heteroatoms. The minimum atomic E-state index is -0.147. The molecule has 1 aromatic heterocycles. The zero-order valence-electron chi connectivity index (χ0n) is 10.1. The Balaban J connectivity index is 2.32. The van der Waals surface area contributed by atoms with Crippen molar-refractivity contribution in [2.24, 2.45) is 5.73 Å². The van der Waals surface area contributed by atoms with Gasteiger partial charge in [0.25, 0.3) is 0 Å². The minimum absolute atomic E-state index is 0.147. The van der Waals surface area contributed by atoms with Crippen LogP contribution in [0.1, 0.15) is 24.2 Å². The van der Waals surface area contributed by atoms with Crippen LogP contribution in [0.25, 0.3) is 0 Å². The van der Waals surface area contributed by atoms with Gasteiger partial charge < -0.3 is 10.3 Å². The number of hydrogen-bond donors (Lipinski definition) is 1. The van der Waals surface area contributed by atoms with Crippen molar-refractivity contribution < 1.29 is 0 Å². The van der Waals surface area contributed by atoms with Gasteiger partial charge in [0.1, 0.15) is 0 Å². The predicted octanol–water partition coefficient (Wildman–Crippen LogP) is 2.67. The van der Waals surface area contributed by atoms with Gasteiger partial charge in [-0.2, -0.15) is 0 Å². The molecule has 0 aliphatic carbocycles. The van der Waals surface area contributed by atoms with E-state index in [0.717, 1.165) is 17.8 Å². The van der Waals surface area contributed by atoms with E-state index in [-0.39, 0.29) is 6.04 Å². The first-order chi connectivity index (χ1) is 8.26. The van der Waals surface area contributed by atoms with E-state index in [1.54, 1.807) is 11.8 Å². The molecule has 0 amide bonds. The summed E-state index contributed by atoms with van der Waals surface area (Å²) in [5, 5.41) is 0. The molecule has 1 aromatic carbocycles. The molecule has 0 saturated carbocycles. The summed E-state index contributed by atoms with van der Waals surface area (Å²) >= 11 is 1.72. The second-order valence-corrected chi connectivity index (χ2v) is 4.70. The standard InChI is InChI=1S/C13H17N3S/c1-3-16-8-11(15-9-16)13(14)10-6-4-5-7-12(10)17-2/h4-9,13H,3,14H2,1-2H3. The topological polar surface area (TPSA) is 43.8 Å². The fourth-order valence-electron chi connectivity index (χ4n) is 1.79. The van der Waals surface area contributed by atoms with E-state index in [1.165, 1.54) is 4.90 Å². The third-order valence-corrected chi connectivity index (χ3v) is 3.62. The maximum Gasteiger partial charge on any atom is 0.0950 e. The molecule has 0 fully saturated rings. The molecule has 0 spiro atoms. The van der Waals surface area contributed by atoms with Crippen LogP contribution >= 0.6 is 11.8 Å². The maximum atomic E-state index is 6.27. The van der Waals surface area contributed by atoms with Gasteiger partial charge in [-0.25, -0.2) is 4.98 Å². The van der Waals surface area contributed by atoms with Crippen LogP contribution in [-0.2, 0) is 6.54 Å². The Morgan fingerprint density at radius 3 is 2.82 bits per heavy atom. The predicted molar refractivity (Wildman–Crippen MR) is 72.2 cm³/mol. The van der Waals surface area contributed by atoms with Crippen molar-refractivity contribution in [2.75, 3.05) is 6.26 Å². The van der Waals surface area contributed by atoms with Crippen LogP contribution in [-0.4, -0.2) is 15.8 Å². The molecule has 3 nitrogen and oxygen atoms in total. The van der Waals surface area contributed by atoms with Gasteiger partial charge in [-0.1, -0.05) is 18.2 Å². The molecule has 1 unspecified atom stereocenters. The van der Waals surface area contributed by atoms with Crippen molar-refractivity contribution in [3.05, 3.63) is 48.0 Å². The molecule has 0 aliphatic rings. The van der Waals surface area contributed by atoms with Gasteiger partial charge in [0.2, 0.25) is 0 Å². The number of aryl methyl sites for hydroxylation is 1. The summed E-state index contributed by atoms with van der Waals surface area (Å²) in [6, 6.07) is 8.07. The molecule has 2 N–H and O–H groups in total. The third kappa shape index (κ3) is 2.53. The molecule has 2 aromatic rings. The van der Waals surface area contributed by atoms with Crippen molar-refractivity contribution in [3.63, 3.8) is 0 Å². The van der Waals surface area contributed by atoms with E-state index in [2.05, 4.69) is 30.3 Å². The molecule has 0 aliphatic heterocycles. The number of imidazole rings is 1. The van der Waals surface area contributed by atoms with E-state index < -0.39 is 0 Å². The smallest absolute Gasteiger partial charge is 0.0950 e. The lowest BCUT2D eigenvalue weighted by atomic mass is 10.1. The molecular weight excluding hydrogens is 230 g/mol. The zero-order valence-corrected chi connectivity index (χ0v) is 10.9. The second-order valence-electron chi connectivity index (χ2n) is 3.85. The quantitative estimate of drug-likeness (QED) is 0.845. The first-order valence-electron chi connectivity index (χ1n) is 5.66. The first-order valence-corrected chi connectivity index (χ1v) is 6.89. The number of thioether (sulfide) groups is 1. The summed E-state index contributed by atoms with van der Waals surface area (Å²) in [5.41, 5.74) is 8.34. The van der Waals surface area contributed by atoms with Gasteiger partial charge in [-0.05, 0) is 24.8 Å². The molecule has 2 rings (SSSR count). The Kier molecular flexibility index (Phi) is 3.86. The molecule has 0 radical (unpaired) electrons. The van der Waals surface area contributed by atoms with Crippen LogP contribution in [0.2, 0.25) is 0 Å². The fourth-order valence-corrected chi connectivity index (χ4v) is 2.44. The molecular formula is C13H17N3S. The van der Waals surface area contributed by atoms with Gasteiger partial charge in [0, 0.05) is 17.6 Å². The highest BCUT2D eigenvalue weighted by Gasteiger charge is 2.14. The van der Waals surface area contributed by atoms with E-state index >= 15 is 0 Å². The Hall–Kier alpha value is -1.26. The van der Waals surface area contributed by atoms with Crippen LogP contribution in [0.3, 0.4) is 0 Å². The van der Waals surface area contributed by atoms with Gasteiger partial charge in [0.05, 0.1) is 18.1 Å². The summed E-state index contributed by atoms with van der Waals surface area (Å²) in [4.78, 5) is 5.58. The van der Waals surface area contributed by atoms with E-state index in [0.29, 0.717) is 0 Å². The van der Waals surface area contributed by atoms with Crippen LogP contribution < -0.4 is 5.73 Å². The van der Waals surface area contributed by atoms with Gasteiger partial charge in [0.15, 0.2) is 0 Å². The Bertz CT molecular complexity index is 493. The lowest BCUT2D eigenvalue weighted by Crippen LogP contribution is -2.13. The monoisotopic (exact) mass is 247 g/mol. The highest BCUT2D eigenvalue weighted by molar-refractivity contribution is 7.98. The van der Waals surface area contributed by atoms with Crippen molar-refractivity contribution in [1.29, 1.82) is 0 Å². The highest BCUT2D eigenvalue weighted by Crippen LogP contribution is 2.27. The number of nitrogens with two attached hydrogens (primary N) is 1. The van der Waals surface area contributed by atoms with E-state index in [9.17, 15) is 0 Å². The lowest BCUT2D eigenvalue weighted by Gasteiger charge is -2.13. The number of aromatic nitrogens is 2. The van der Waals surface area contributed by atoms with Crippen molar-refractivity contribution in [1.82, 2.24) is 9.55 Å². The zero-order chi connectivity index (χ0) is 12.3. The molecule has 1 heterocycles. The minimum Gasteiger partial charge on any atom is -0.337 e. The summed E-state index contributed by atoms with van der Waals surface area (Å²) in [6.07, 6.45) is 5.91. The van der Waals surface area contributed by atoms with E-state index in [1.807, 2.05) is 29.2 Å². The second kappa shape index (κ2) is 5.38. The molecule has 17 heavy (non-hydrogen) atoms. The third-order valence-electron chi connectivity index (χ3n) is 2.81. The van der Waals surface area contributed by atoms with Crippen LogP contribution in [0.15, 0.2) is 41.7 Å². The summed E-state index contributed by atoms with van der Waals surface area (Å²) in [5.74, 6) is 0. The summed E-state index contributed by atoms with van der Waals surface area (Å²) in [6.45, 7) is 3.01. The molecule has 90 valence electrons. The van der Waals surface area contributed by atoms with Crippen molar-refractivity contribution >= 4 is 11.8 Å². The van der Waals surface area contributed by atoms with E-state index in [4.69, 9.17) is 5.73 Å². The number of nitrogens with zero attached hydrogens (tertiary/aromatic N) is 2. The van der Waals surface area contributed by atoms with Crippen LogP contribution in [0.4, 0.5) is 0 Å². The lowest BCUT2D eigenvalue weighted by molar-refractivity contribution is 0.756. The highest BCUT2D eigenvalue weighted by atomic mass is 32.2. The van der Waals surface area contributed by atoms with Crippen LogP contribution in [0.5, 0.6) is 0 Å². The number of hydrogen-bond acceptors (Lipinski definition) is 3. The average molecular weight is 247 g/mol. The maximum absolute atomic E-state index is 6.27. The molecule has 0 bridgehead atoms. The number of rotatable bonds is 4. The van der Waals surface area contributed by atoms with Crippen molar-refractivity contribution in [3.8, 4) is 0 Å². The molecule has 1 atom stereocenters. The SMILES string of the molecule is CCn1cnc(C(N)c2ccccc2SC)c1. The fraction of sp³-hybridized carbons (Fsp3) is 0.308. The van der Waals surface area contributed by atoms with Crippen LogP contribution in [0, 0.1) is 0 Å². The van der Waals surface area contributed by atoms with Gasteiger partial charge in [-0.3, -0.25) is 0 Å². The Morgan fingerprint density at radius 2 is 2.18 bits per heavy atom. The van der Waals surface area contributed by atoms with Gasteiger partial charge in [-0.15, -0.1) is 11.8 Å². The summed E-state index contributed by atoms with van der Waals surface area (Å²) < 4.78 is 2.04. The number of benzene rings is 1. The average Bonchev–Trinajstić information content (AvgIpc) is 2.86. The van der Waals surface area contributed by atoms with Crippen molar-refractivity contribution in [2.45, 2.75) is 24.4 Å². The normalized spacial score (nSPS) is 12.6. The van der Waals surface area contributed by atoms with Gasteiger partial charge >= 0.3 is 0 Å².